The monoisotopic (exact) mass is 299 g/mol. The number of aliphatic hydroxyl groups excluding tert-OH is 1. The van der Waals surface area contributed by atoms with Crippen molar-refractivity contribution in [2.24, 2.45) is 17.3 Å². The summed E-state index contributed by atoms with van der Waals surface area (Å²) in [6.07, 6.45) is 1.86. The SMILES string of the molecule is CC(C)CN1CCC(CNC(=O)NCC(C)(C)CCO)C1. The molecular weight excluding hydrogens is 266 g/mol. The van der Waals surface area contributed by atoms with Gasteiger partial charge in [0.05, 0.1) is 0 Å². The highest BCUT2D eigenvalue weighted by Gasteiger charge is 2.23. The molecule has 1 saturated heterocycles. The third-order valence-corrected chi connectivity index (χ3v) is 4.06. The summed E-state index contributed by atoms with van der Waals surface area (Å²) in [4.78, 5) is 14.3. The first kappa shape index (κ1) is 18.2. The summed E-state index contributed by atoms with van der Waals surface area (Å²) in [6, 6.07) is -0.0941. The minimum Gasteiger partial charge on any atom is -0.396 e. The Balaban J connectivity index is 2.16. The molecule has 0 aromatic carbocycles. The molecular formula is C16H33N3O2. The third-order valence-electron chi connectivity index (χ3n) is 4.06. The van der Waals surface area contributed by atoms with Crippen LogP contribution < -0.4 is 10.6 Å². The van der Waals surface area contributed by atoms with E-state index < -0.39 is 0 Å². The van der Waals surface area contributed by atoms with Crippen LogP contribution in [0.3, 0.4) is 0 Å². The molecule has 0 aromatic rings. The average Bonchev–Trinajstić information content (AvgIpc) is 2.81. The van der Waals surface area contributed by atoms with Crippen LogP contribution in [0.5, 0.6) is 0 Å². The van der Waals surface area contributed by atoms with Gasteiger partial charge in [0.25, 0.3) is 0 Å². The van der Waals surface area contributed by atoms with Crippen LogP contribution in [0, 0.1) is 17.3 Å². The zero-order valence-corrected chi connectivity index (χ0v) is 14.1. The van der Waals surface area contributed by atoms with Gasteiger partial charge < -0.3 is 20.6 Å². The van der Waals surface area contributed by atoms with Crippen molar-refractivity contribution < 1.29 is 9.90 Å². The minimum absolute atomic E-state index is 0.0620. The quantitative estimate of drug-likeness (QED) is 0.639. The Labute approximate surface area is 129 Å². The van der Waals surface area contributed by atoms with E-state index in [1.165, 1.54) is 6.42 Å². The Bertz CT molecular complexity index is 319. The molecule has 1 aliphatic heterocycles. The summed E-state index contributed by atoms with van der Waals surface area (Å²) in [5, 5.41) is 14.8. The number of hydrogen-bond acceptors (Lipinski definition) is 3. The molecule has 0 saturated carbocycles. The van der Waals surface area contributed by atoms with E-state index in [1.54, 1.807) is 0 Å². The molecule has 0 radical (unpaired) electrons. The van der Waals surface area contributed by atoms with Crippen LogP contribution in [0.1, 0.15) is 40.5 Å². The molecule has 5 nitrogen and oxygen atoms in total. The molecule has 124 valence electrons. The lowest BCUT2D eigenvalue weighted by Gasteiger charge is -2.24. The number of hydrogen-bond donors (Lipinski definition) is 3. The van der Waals surface area contributed by atoms with Gasteiger partial charge in [0, 0.05) is 32.8 Å². The van der Waals surface area contributed by atoms with Crippen LogP contribution >= 0.6 is 0 Å². The van der Waals surface area contributed by atoms with Crippen LogP contribution in [0.25, 0.3) is 0 Å². The van der Waals surface area contributed by atoms with Gasteiger partial charge in [0.2, 0.25) is 0 Å². The number of carbonyl (C=O) groups is 1. The normalized spacial score (nSPS) is 20.0. The summed E-state index contributed by atoms with van der Waals surface area (Å²) in [5.41, 5.74) is -0.0620. The highest BCUT2D eigenvalue weighted by Crippen LogP contribution is 2.18. The maximum Gasteiger partial charge on any atom is 0.314 e. The molecule has 5 heteroatoms. The van der Waals surface area contributed by atoms with Crippen LogP contribution in [0.2, 0.25) is 0 Å². The number of aliphatic hydroxyl groups is 1. The number of nitrogens with zero attached hydrogens (tertiary/aromatic N) is 1. The number of nitrogens with one attached hydrogen (secondary N) is 2. The lowest BCUT2D eigenvalue weighted by Crippen LogP contribution is -2.42. The van der Waals surface area contributed by atoms with Crippen LogP contribution in [-0.2, 0) is 0 Å². The number of amides is 2. The van der Waals surface area contributed by atoms with Gasteiger partial charge in [-0.3, -0.25) is 0 Å². The molecule has 1 heterocycles. The molecule has 2 amide bonds. The van der Waals surface area contributed by atoms with Gasteiger partial charge in [-0.1, -0.05) is 27.7 Å². The maximum atomic E-state index is 11.8. The Morgan fingerprint density at radius 1 is 1.38 bits per heavy atom. The van der Waals surface area contributed by atoms with Crippen LogP contribution in [0.15, 0.2) is 0 Å². The van der Waals surface area contributed by atoms with E-state index in [2.05, 4.69) is 29.4 Å². The van der Waals surface area contributed by atoms with Crippen LogP contribution in [-0.4, -0.2) is 55.4 Å². The highest BCUT2D eigenvalue weighted by atomic mass is 16.3. The van der Waals surface area contributed by atoms with Crippen molar-refractivity contribution in [2.45, 2.75) is 40.5 Å². The molecule has 1 aliphatic rings. The smallest absolute Gasteiger partial charge is 0.314 e. The number of urea groups is 1. The number of likely N-dealkylation sites (tertiary alicyclic amines) is 1. The predicted octanol–water partition coefficient (Wildman–Crippen LogP) is 1.67. The molecule has 0 spiro atoms. The highest BCUT2D eigenvalue weighted by molar-refractivity contribution is 5.73. The van der Waals surface area contributed by atoms with Gasteiger partial charge in [-0.2, -0.15) is 0 Å². The summed E-state index contributed by atoms with van der Waals surface area (Å²) in [6.45, 7) is 13.5. The second-order valence-corrected chi connectivity index (χ2v) is 7.51. The molecule has 1 atom stereocenters. The molecule has 0 aliphatic carbocycles. The standard InChI is InChI=1S/C16H33N3O2/c1-13(2)10-19-7-5-14(11-19)9-17-15(21)18-12-16(3,4)6-8-20/h13-14,20H,5-12H2,1-4H3,(H2,17,18,21). The van der Waals surface area contributed by atoms with Crippen molar-refractivity contribution >= 4 is 6.03 Å². The van der Waals surface area contributed by atoms with Gasteiger partial charge in [-0.15, -0.1) is 0 Å². The molecule has 0 bridgehead atoms. The van der Waals surface area contributed by atoms with Gasteiger partial charge in [-0.05, 0) is 36.6 Å². The predicted molar refractivity (Wildman–Crippen MR) is 86.3 cm³/mol. The van der Waals surface area contributed by atoms with E-state index >= 15 is 0 Å². The largest absolute Gasteiger partial charge is 0.396 e. The Hall–Kier alpha value is -0.810. The first-order valence-corrected chi connectivity index (χ1v) is 8.17. The molecule has 1 fully saturated rings. The Morgan fingerprint density at radius 3 is 2.71 bits per heavy atom. The second kappa shape index (κ2) is 8.59. The van der Waals surface area contributed by atoms with E-state index in [0.717, 1.165) is 26.2 Å². The van der Waals surface area contributed by atoms with Gasteiger partial charge in [-0.25, -0.2) is 4.79 Å². The van der Waals surface area contributed by atoms with Crippen molar-refractivity contribution in [3.05, 3.63) is 0 Å². The van der Waals surface area contributed by atoms with E-state index in [1.807, 2.05) is 13.8 Å². The van der Waals surface area contributed by atoms with Crippen molar-refractivity contribution in [2.75, 3.05) is 39.3 Å². The molecule has 3 N–H and O–H groups in total. The molecule has 1 rings (SSSR count). The first-order valence-electron chi connectivity index (χ1n) is 8.17. The van der Waals surface area contributed by atoms with Crippen LogP contribution in [0.4, 0.5) is 4.79 Å². The van der Waals surface area contributed by atoms with Gasteiger partial charge >= 0.3 is 6.03 Å². The summed E-state index contributed by atoms with van der Waals surface area (Å²) < 4.78 is 0. The summed E-state index contributed by atoms with van der Waals surface area (Å²) in [5.74, 6) is 1.27. The lowest BCUT2D eigenvalue weighted by molar-refractivity contribution is 0.200. The fourth-order valence-electron chi connectivity index (χ4n) is 2.77. The number of carbonyl (C=O) groups excluding carboxylic acids is 1. The maximum absolute atomic E-state index is 11.8. The van der Waals surface area contributed by atoms with E-state index in [0.29, 0.717) is 24.8 Å². The Kier molecular flexibility index (Phi) is 7.46. The summed E-state index contributed by atoms with van der Waals surface area (Å²) >= 11 is 0. The van der Waals surface area contributed by atoms with Gasteiger partial charge in [0.15, 0.2) is 0 Å². The topological polar surface area (TPSA) is 64.6 Å². The lowest BCUT2D eigenvalue weighted by atomic mass is 9.90. The van der Waals surface area contributed by atoms with E-state index in [9.17, 15) is 4.79 Å². The fraction of sp³-hybridized carbons (Fsp3) is 0.938. The van der Waals surface area contributed by atoms with E-state index in [-0.39, 0.29) is 18.1 Å². The average molecular weight is 299 g/mol. The molecule has 21 heavy (non-hydrogen) atoms. The zero-order chi connectivity index (χ0) is 15.9. The van der Waals surface area contributed by atoms with Gasteiger partial charge in [0.1, 0.15) is 0 Å². The van der Waals surface area contributed by atoms with Crippen molar-refractivity contribution in [1.82, 2.24) is 15.5 Å². The van der Waals surface area contributed by atoms with Crippen molar-refractivity contribution in [1.29, 1.82) is 0 Å². The van der Waals surface area contributed by atoms with E-state index in [4.69, 9.17) is 5.11 Å². The first-order chi connectivity index (χ1) is 9.82. The van der Waals surface area contributed by atoms with Crippen molar-refractivity contribution in [3.63, 3.8) is 0 Å². The minimum atomic E-state index is -0.0941. The Morgan fingerprint density at radius 2 is 2.10 bits per heavy atom. The second-order valence-electron chi connectivity index (χ2n) is 7.51. The third kappa shape index (κ3) is 7.67. The molecule has 0 aromatic heterocycles. The fourth-order valence-corrected chi connectivity index (χ4v) is 2.77. The summed E-state index contributed by atoms with van der Waals surface area (Å²) in [7, 11) is 0. The molecule has 1 unspecified atom stereocenters. The zero-order valence-electron chi connectivity index (χ0n) is 14.1. The number of rotatable bonds is 8. The van der Waals surface area contributed by atoms with Crippen molar-refractivity contribution in [3.8, 4) is 0 Å².